The van der Waals surface area contributed by atoms with Crippen LogP contribution in [0.4, 0.5) is 0 Å². The zero-order chi connectivity index (χ0) is 22.1. The zero-order valence-electron chi connectivity index (χ0n) is 16.8. The van der Waals surface area contributed by atoms with E-state index in [-0.39, 0.29) is 17.9 Å². The van der Waals surface area contributed by atoms with Crippen molar-refractivity contribution in [2.24, 2.45) is 4.99 Å². The molecular weight excluding hydrogens is 436 g/mol. The van der Waals surface area contributed by atoms with Gasteiger partial charge in [-0.3, -0.25) is 9.36 Å². The Balaban J connectivity index is 1.97. The van der Waals surface area contributed by atoms with Gasteiger partial charge in [0.05, 0.1) is 22.4 Å². The third-order valence-corrected chi connectivity index (χ3v) is 6.23. The van der Waals surface area contributed by atoms with Crippen molar-refractivity contribution in [3.05, 3.63) is 95.6 Å². The summed E-state index contributed by atoms with van der Waals surface area (Å²) < 4.78 is 7.22. The number of fused-ring (bicyclic) bond motifs is 1. The molecule has 0 saturated heterocycles. The van der Waals surface area contributed by atoms with Gasteiger partial charge in [-0.2, -0.15) is 0 Å². The molecule has 4 rings (SSSR count). The van der Waals surface area contributed by atoms with Gasteiger partial charge in [0, 0.05) is 5.02 Å². The van der Waals surface area contributed by atoms with Crippen LogP contribution in [0.2, 0.25) is 5.02 Å². The van der Waals surface area contributed by atoms with E-state index in [1.807, 2.05) is 6.07 Å². The Hall–Kier alpha value is -3.16. The van der Waals surface area contributed by atoms with Crippen LogP contribution < -0.4 is 14.9 Å². The van der Waals surface area contributed by atoms with E-state index >= 15 is 0 Å². The van der Waals surface area contributed by atoms with Gasteiger partial charge in [-0.15, -0.1) is 0 Å². The van der Waals surface area contributed by atoms with Crippen molar-refractivity contribution < 1.29 is 14.6 Å². The summed E-state index contributed by atoms with van der Waals surface area (Å²) in [4.78, 5) is 31.3. The van der Waals surface area contributed by atoms with Crippen LogP contribution in [-0.4, -0.2) is 22.2 Å². The van der Waals surface area contributed by atoms with Crippen molar-refractivity contribution in [1.82, 2.24) is 4.57 Å². The SMILES string of the molecule is CCOC(=O)C1=C(C)N=c2sc(=Cc3ccc(O)cc3)c(=O)n2C1c1ccccc1Cl. The summed E-state index contributed by atoms with van der Waals surface area (Å²) >= 11 is 7.71. The average molecular weight is 455 g/mol. The number of hydrogen-bond acceptors (Lipinski definition) is 6. The maximum atomic E-state index is 13.4. The first-order valence-corrected chi connectivity index (χ1v) is 10.8. The molecule has 8 heteroatoms. The normalized spacial score (nSPS) is 16.1. The minimum Gasteiger partial charge on any atom is -0.508 e. The highest BCUT2D eigenvalue weighted by molar-refractivity contribution is 7.07. The number of carbonyl (C=O) groups is 1. The van der Waals surface area contributed by atoms with Gasteiger partial charge < -0.3 is 9.84 Å². The molecule has 0 bridgehead atoms. The fourth-order valence-electron chi connectivity index (χ4n) is 3.50. The molecule has 0 amide bonds. The van der Waals surface area contributed by atoms with E-state index in [1.165, 1.54) is 15.9 Å². The number of phenolic OH excluding ortho intramolecular Hbond substituents is 1. The lowest BCUT2D eigenvalue weighted by molar-refractivity contribution is -0.139. The van der Waals surface area contributed by atoms with Crippen molar-refractivity contribution >= 4 is 35.0 Å². The number of allylic oxidation sites excluding steroid dienone is 1. The average Bonchev–Trinajstić information content (AvgIpc) is 3.04. The Bertz CT molecular complexity index is 1370. The molecule has 3 aromatic rings. The lowest BCUT2D eigenvalue weighted by Crippen LogP contribution is -2.40. The molecule has 1 unspecified atom stereocenters. The fourth-order valence-corrected chi connectivity index (χ4v) is 4.79. The molecule has 1 aromatic heterocycles. The van der Waals surface area contributed by atoms with E-state index in [0.717, 1.165) is 5.56 Å². The lowest BCUT2D eigenvalue weighted by Gasteiger charge is -2.25. The maximum Gasteiger partial charge on any atom is 0.338 e. The number of esters is 1. The molecule has 158 valence electrons. The number of thiazole rings is 1. The fraction of sp³-hybridized carbons (Fsp3) is 0.174. The highest BCUT2D eigenvalue weighted by atomic mass is 35.5. The molecule has 2 aromatic carbocycles. The molecule has 31 heavy (non-hydrogen) atoms. The van der Waals surface area contributed by atoms with Gasteiger partial charge in [-0.1, -0.05) is 53.3 Å². The van der Waals surface area contributed by atoms with Gasteiger partial charge in [-0.25, -0.2) is 9.79 Å². The largest absolute Gasteiger partial charge is 0.508 e. The molecule has 0 aliphatic carbocycles. The molecular formula is C23H19ClN2O4S. The van der Waals surface area contributed by atoms with E-state index in [2.05, 4.69) is 4.99 Å². The van der Waals surface area contributed by atoms with E-state index in [1.54, 1.807) is 62.4 Å². The van der Waals surface area contributed by atoms with Crippen LogP contribution in [0.5, 0.6) is 5.75 Å². The summed E-state index contributed by atoms with van der Waals surface area (Å²) in [6.07, 6.45) is 1.73. The number of aromatic nitrogens is 1. The number of hydrogen-bond donors (Lipinski definition) is 1. The first kappa shape index (κ1) is 21.1. The number of nitrogens with zero attached hydrogens (tertiary/aromatic N) is 2. The maximum absolute atomic E-state index is 13.4. The van der Waals surface area contributed by atoms with Gasteiger partial charge in [0.2, 0.25) is 0 Å². The van der Waals surface area contributed by atoms with Crippen LogP contribution in [0.25, 0.3) is 6.08 Å². The van der Waals surface area contributed by atoms with Crippen LogP contribution in [0.15, 0.2) is 69.6 Å². The molecule has 2 heterocycles. The van der Waals surface area contributed by atoms with Crippen LogP contribution in [-0.2, 0) is 9.53 Å². The molecule has 1 atom stereocenters. The molecule has 6 nitrogen and oxygen atoms in total. The Morgan fingerprint density at radius 2 is 1.97 bits per heavy atom. The molecule has 1 aliphatic heterocycles. The highest BCUT2D eigenvalue weighted by Crippen LogP contribution is 2.34. The van der Waals surface area contributed by atoms with E-state index in [4.69, 9.17) is 16.3 Å². The summed E-state index contributed by atoms with van der Waals surface area (Å²) in [6.45, 7) is 3.66. The molecule has 0 radical (unpaired) electrons. The first-order chi connectivity index (χ1) is 14.9. The van der Waals surface area contributed by atoms with Crippen molar-refractivity contribution in [2.75, 3.05) is 6.61 Å². The minimum absolute atomic E-state index is 0.145. The Morgan fingerprint density at radius 3 is 2.65 bits per heavy atom. The predicted molar refractivity (Wildman–Crippen MR) is 120 cm³/mol. The van der Waals surface area contributed by atoms with Gasteiger partial charge >= 0.3 is 5.97 Å². The van der Waals surface area contributed by atoms with Crippen molar-refractivity contribution in [3.63, 3.8) is 0 Å². The van der Waals surface area contributed by atoms with Crippen LogP contribution in [0.1, 0.15) is 31.0 Å². The van der Waals surface area contributed by atoms with Gasteiger partial charge in [0.25, 0.3) is 5.56 Å². The number of rotatable bonds is 4. The monoisotopic (exact) mass is 454 g/mol. The van der Waals surface area contributed by atoms with Crippen LogP contribution in [0, 0.1) is 0 Å². The van der Waals surface area contributed by atoms with Gasteiger partial charge in [-0.05, 0) is 49.2 Å². The highest BCUT2D eigenvalue weighted by Gasteiger charge is 2.34. The van der Waals surface area contributed by atoms with Crippen molar-refractivity contribution in [2.45, 2.75) is 19.9 Å². The molecule has 0 spiro atoms. The summed E-state index contributed by atoms with van der Waals surface area (Å²) in [5.74, 6) is -0.381. The molecule has 0 saturated carbocycles. The van der Waals surface area contributed by atoms with Gasteiger partial charge in [0.15, 0.2) is 4.80 Å². The van der Waals surface area contributed by atoms with Crippen LogP contribution >= 0.6 is 22.9 Å². The Kier molecular flexibility index (Phi) is 5.80. The smallest absolute Gasteiger partial charge is 0.338 e. The summed E-state index contributed by atoms with van der Waals surface area (Å²) in [5, 5.41) is 9.94. The first-order valence-electron chi connectivity index (χ1n) is 9.64. The summed E-state index contributed by atoms with van der Waals surface area (Å²) in [5.41, 5.74) is 1.88. The Morgan fingerprint density at radius 1 is 1.26 bits per heavy atom. The topological polar surface area (TPSA) is 80.9 Å². The summed E-state index contributed by atoms with van der Waals surface area (Å²) in [7, 11) is 0. The quantitative estimate of drug-likeness (QED) is 0.614. The molecule has 1 N–H and O–H groups in total. The third-order valence-electron chi connectivity index (χ3n) is 4.91. The van der Waals surface area contributed by atoms with E-state index in [0.29, 0.717) is 31.2 Å². The van der Waals surface area contributed by atoms with Gasteiger partial charge in [0.1, 0.15) is 11.8 Å². The number of halogens is 1. The second kappa shape index (κ2) is 8.53. The second-order valence-electron chi connectivity index (χ2n) is 6.92. The number of phenols is 1. The van der Waals surface area contributed by atoms with Crippen LogP contribution in [0.3, 0.4) is 0 Å². The van der Waals surface area contributed by atoms with E-state index < -0.39 is 12.0 Å². The third kappa shape index (κ3) is 3.94. The minimum atomic E-state index is -0.744. The summed E-state index contributed by atoms with van der Waals surface area (Å²) in [6, 6.07) is 12.9. The Labute approximate surface area is 187 Å². The lowest BCUT2D eigenvalue weighted by atomic mass is 9.96. The van der Waals surface area contributed by atoms with Crippen molar-refractivity contribution in [3.8, 4) is 5.75 Å². The number of benzene rings is 2. The number of carbonyl (C=O) groups excluding carboxylic acids is 1. The predicted octanol–water partition coefficient (Wildman–Crippen LogP) is 3.16. The van der Waals surface area contributed by atoms with E-state index in [9.17, 15) is 14.7 Å². The second-order valence-corrected chi connectivity index (χ2v) is 8.33. The number of ether oxygens (including phenoxy) is 1. The molecule has 1 aliphatic rings. The zero-order valence-corrected chi connectivity index (χ0v) is 18.4. The number of aromatic hydroxyl groups is 1. The molecule has 0 fully saturated rings. The standard InChI is InChI=1S/C23H19ClN2O4S/c1-3-30-22(29)19-13(2)25-23-26(20(19)16-6-4-5-7-17(16)24)21(28)18(31-23)12-14-8-10-15(27)11-9-14/h4-12,20,27H,3H2,1-2H3. The van der Waals surface area contributed by atoms with Crippen molar-refractivity contribution in [1.29, 1.82) is 0 Å².